The van der Waals surface area contributed by atoms with Crippen LogP contribution in [0.3, 0.4) is 0 Å². The number of benzene rings is 1. The zero-order valence-corrected chi connectivity index (χ0v) is 54.0. The van der Waals surface area contributed by atoms with E-state index in [2.05, 4.69) is 112 Å². The number of unbranched alkanes of at least 4 members (excludes halogenated alkanes) is 3. The second-order valence-electron chi connectivity index (χ2n) is 26.1. The monoisotopic (exact) mass is 1120 g/mol. The Balaban J connectivity index is 1.72. The second kappa shape index (κ2) is 32.5. The highest BCUT2D eigenvalue weighted by atomic mass is 32.2. The predicted molar refractivity (Wildman–Crippen MR) is 310 cm³/mol. The summed E-state index contributed by atoms with van der Waals surface area (Å²) in [5, 5.41) is 0.211. The van der Waals surface area contributed by atoms with Gasteiger partial charge in [-0.25, -0.2) is 0 Å². The number of allylic oxidation sites excluding steroid dienone is 1. The minimum absolute atomic E-state index is 0.0126. The second-order valence-corrected chi connectivity index (χ2v) is 49.4. The van der Waals surface area contributed by atoms with Gasteiger partial charge in [-0.2, -0.15) is 8.42 Å². The van der Waals surface area contributed by atoms with E-state index < -0.39 is 54.9 Å². The van der Waals surface area contributed by atoms with Gasteiger partial charge in [0, 0.05) is 50.6 Å². The van der Waals surface area contributed by atoms with Crippen molar-refractivity contribution in [2.75, 3.05) is 46.8 Å². The van der Waals surface area contributed by atoms with Crippen LogP contribution in [0.1, 0.15) is 117 Å². The van der Waals surface area contributed by atoms with Gasteiger partial charge in [-0.1, -0.05) is 142 Å². The molecule has 0 aromatic heterocycles. The maximum Gasteiger partial charge on any atom is 0.297 e. The van der Waals surface area contributed by atoms with Gasteiger partial charge in [-0.05, 0) is 113 Å². The van der Waals surface area contributed by atoms with Gasteiger partial charge in [-0.15, -0.1) is 0 Å². The highest BCUT2D eigenvalue weighted by Gasteiger charge is 2.42. The lowest BCUT2D eigenvalue weighted by molar-refractivity contribution is -0.156. The Kier molecular flexibility index (Phi) is 29.6. The first-order chi connectivity index (χ1) is 34.1. The van der Waals surface area contributed by atoms with Crippen molar-refractivity contribution in [2.24, 2.45) is 0 Å². The molecule has 8 atom stereocenters. The topological polar surface area (TPSA) is 126 Å². The molecule has 1 aromatic rings. The molecule has 426 valence electrons. The molecule has 0 N–H and O–H groups in total. The maximum absolute atomic E-state index is 13.7. The quantitative estimate of drug-likeness (QED) is 0.0205. The van der Waals surface area contributed by atoms with Crippen LogP contribution in [0.4, 0.5) is 0 Å². The fourth-order valence-corrected chi connectivity index (χ4v) is 13.0. The van der Waals surface area contributed by atoms with Gasteiger partial charge in [0.2, 0.25) is 0 Å². The van der Waals surface area contributed by atoms with Crippen LogP contribution in [-0.4, -0.2) is 137 Å². The van der Waals surface area contributed by atoms with Gasteiger partial charge in [0.05, 0.1) is 41.5 Å². The average Bonchev–Trinajstić information content (AvgIpc) is 3.98. The highest BCUT2D eigenvalue weighted by Crippen LogP contribution is 2.38. The van der Waals surface area contributed by atoms with Crippen LogP contribution in [0, 0.1) is 6.92 Å². The molecule has 1 aromatic carbocycles. The molecule has 2 heterocycles. The fraction of sp³-hybridized carbons (Fsp3) is 0.857. The van der Waals surface area contributed by atoms with E-state index in [4.69, 9.17) is 46.5 Å². The van der Waals surface area contributed by atoms with Crippen molar-refractivity contribution in [1.82, 2.24) is 0 Å². The van der Waals surface area contributed by atoms with Crippen LogP contribution in [0.2, 0.25) is 95.2 Å². The zero-order chi connectivity index (χ0) is 54.4. The lowest BCUT2D eigenvalue weighted by Gasteiger charge is -2.36. The standard InChI is InChI=1S/C56H108O12SSi4/c1-17-18-24-55(68-69(57,58)47-30-28-46(2)29-31-47)50(64-45-61-39-42-72(12,13)14)27-22-21-26-49(63-44-60-38-41-71(9,10)11)52-33-35-54(67-52)53-34-32-51(66-53)48(62-43-59-37-40-70(6,7)8)25-20-19-23-36-65-73(15,16)56(3,4)5/h21,26,28-31,48-55H,17-20,22-25,27,32-45H2,1-16H3/b26-21-/t48-,49-,50-,51-,52-,53-,54-,55+/m1/s1. The Morgan fingerprint density at radius 3 is 1.71 bits per heavy atom. The van der Waals surface area contributed by atoms with E-state index >= 15 is 0 Å². The molecular weight excluding hydrogens is 1010 g/mol. The Hall–Kier alpha value is -0.622. The van der Waals surface area contributed by atoms with Crippen molar-refractivity contribution in [2.45, 2.75) is 267 Å². The summed E-state index contributed by atoms with van der Waals surface area (Å²) in [6.07, 6.45) is 13.5. The summed E-state index contributed by atoms with van der Waals surface area (Å²) in [7, 11) is -9.59. The van der Waals surface area contributed by atoms with Crippen molar-refractivity contribution in [3.63, 3.8) is 0 Å². The van der Waals surface area contributed by atoms with E-state index in [-0.39, 0.29) is 60.1 Å². The molecule has 2 fully saturated rings. The minimum atomic E-state index is -4.04. The number of rotatable bonds is 39. The third-order valence-corrected chi connectivity index (χ3v) is 25.6. The third kappa shape index (κ3) is 27.7. The summed E-state index contributed by atoms with van der Waals surface area (Å²) < 4.78 is 91.2. The predicted octanol–water partition coefficient (Wildman–Crippen LogP) is 14.4. The first-order valence-electron chi connectivity index (χ1n) is 28.3. The van der Waals surface area contributed by atoms with Gasteiger partial charge < -0.3 is 42.3 Å². The van der Waals surface area contributed by atoms with Crippen LogP contribution in [0.25, 0.3) is 0 Å². The molecule has 0 bridgehead atoms. The Bertz CT molecular complexity index is 1770. The van der Waals surface area contributed by atoms with Crippen molar-refractivity contribution >= 4 is 42.7 Å². The van der Waals surface area contributed by atoms with Crippen LogP contribution in [0.15, 0.2) is 41.3 Å². The average molecular weight is 1120 g/mol. The Labute approximate surface area is 451 Å². The van der Waals surface area contributed by atoms with Crippen LogP contribution in [-0.2, 0) is 56.6 Å². The summed E-state index contributed by atoms with van der Waals surface area (Å²) in [6, 6.07) is 9.99. The molecule has 73 heavy (non-hydrogen) atoms. The number of aryl methyl sites for hydroxylation is 1. The Morgan fingerprint density at radius 2 is 1.16 bits per heavy atom. The van der Waals surface area contributed by atoms with Crippen LogP contribution >= 0.6 is 0 Å². The molecule has 0 radical (unpaired) electrons. The number of hydrogen-bond donors (Lipinski definition) is 0. The lowest BCUT2D eigenvalue weighted by Crippen LogP contribution is -2.40. The summed E-state index contributed by atoms with van der Waals surface area (Å²) >= 11 is 0. The van der Waals surface area contributed by atoms with Gasteiger partial charge in [-0.3, -0.25) is 4.18 Å². The SMILES string of the molecule is CCCC[C@H](OS(=O)(=O)c1ccc(C)cc1)[C@@H](CC/C=C\[C@@H](OCOCC[Si](C)(C)C)[C@H]1CC[C@H]([C@H]2CC[C@H]([C@@H](CCCCCO[Si](C)(C)C(C)(C)C)OCOCC[Si](C)(C)C)O2)O1)OCOCC[Si](C)(C)C. The van der Waals surface area contributed by atoms with Crippen molar-refractivity contribution in [3.8, 4) is 0 Å². The summed E-state index contributed by atoms with van der Waals surface area (Å²) in [5.74, 6) is 0. The number of hydrogen-bond acceptors (Lipinski definition) is 12. The minimum Gasteiger partial charge on any atom is -0.417 e. The molecule has 2 aliphatic rings. The van der Waals surface area contributed by atoms with E-state index in [0.717, 1.165) is 101 Å². The fourth-order valence-electron chi connectivity index (χ4n) is 8.47. The molecule has 0 unspecified atom stereocenters. The summed E-state index contributed by atoms with van der Waals surface area (Å²) in [4.78, 5) is 0.144. The smallest absolute Gasteiger partial charge is 0.297 e. The van der Waals surface area contributed by atoms with Crippen molar-refractivity contribution in [1.29, 1.82) is 0 Å². The van der Waals surface area contributed by atoms with E-state index in [1.54, 1.807) is 24.3 Å². The molecule has 3 rings (SSSR count). The van der Waals surface area contributed by atoms with Gasteiger partial charge in [0.25, 0.3) is 10.1 Å². The van der Waals surface area contributed by atoms with E-state index in [1.165, 1.54) is 0 Å². The van der Waals surface area contributed by atoms with Crippen molar-refractivity contribution in [3.05, 3.63) is 42.0 Å². The molecule has 2 aliphatic heterocycles. The molecule has 2 saturated heterocycles. The largest absolute Gasteiger partial charge is 0.417 e. The van der Waals surface area contributed by atoms with Gasteiger partial charge in [0.15, 0.2) is 8.32 Å². The molecule has 17 heteroatoms. The van der Waals surface area contributed by atoms with E-state index in [0.29, 0.717) is 39.3 Å². The molecular formula is C56H108O12SSi4. The zero-order valence-electron chi connectivity index (χ0n) is 49.2. The Morgan fingerprint density at radius 1 is 0.630 bits per heavy atom. The van der Waals surface area contributed by atoms with Crippen LogP contribution < -0.4 is 0 Å². The first kappa shape index (κ1) is 66.7. The number of ether oxygens (including phenoxy) is 8. The molecule has 0 saturated carbocycles. The third-order valence-electron chi connectivity index (χ3n) is 14.6. The lowest BCUT2D eigenvalue weighted by atomic mass is 10.0. The van der Waals surface area contributed by atoms with E-state index in [1.807, 2.05) is 6.92 Å². The van der Waals surface area contributed by atoms with E-state index in [9.17, 15) is 8.42 Å². The van der Waals surface area contributed by atoms with Gasteiger partial charge in [0.1, 0.15) is 32.6 Å². The van der Waals surface area contributed by atoms with Crippen molar-refractivity contribution < 1.29 is 54.9 Å². The summed E-state index contributed by atoms with van der Waals surface area (Å²) in [6.45, 7) is 40.0. The summed E-state index contributed by atoms with van der Waals surface area (Å²) in [5.41, 5.74) is 0.980. The molecule has 0 aliphatic carbocycles. The first-order valence-corrected chi connectivity index (χ1v) is 43.7. The van der Waals surface area contributed by atoms with Crippen LogP contribution in [0.5, 0.6) is 0 Å². The molecule has 0 amide bonds. The normalized spacial score (nSPS) is 21.3. The highest BCUT2D eigenvalue weighted by molar-refractivity contribution is 7.86. The molecule has 12 nitrogen and oxygen atoms in total. The maximum atomic E-state index is 13.7. The van der Waals surface area contributed by atoms with Gasteiger partial charge >= 0.3 is 0 Å². The molecule has 0 spiro atoms.